The Balaban J connectivity index is 2.05. The van der Waals surface area contributed by atoms with Gasteiger partial charge in [-0.25, -0.2) is 0 Å². The first-order valence-electron chi connectivity index (χ1n) is 15.0. The normalized spacial score (nSPS) is 26.3. The van der Waals surface area contributed by atoms with E-state index >= 15 is 0 Å². The second-order valence-electron chi connectivity index (χ2n) is 12.7. The number of esters is 4. The fourth-order valence-electron chi connectivity index (χ4n) is 4.72. The highest BCUT2D eigenvalue weighted by atomic mass is 28.4. The van der Waals surface area contributed by atoms with Gasteiger partial charge in [-0.3, -0.25) is 29.3 Å². The van der Waals surface area contributed by atoms with Crippen molar-refractivity contribution in [3.63, 3.8) is 0 Å². The van der Waals surface area contributed by atoms with E-state index in [1.807, 2.05) is 0 Å². The maximum Gasteiger partial charge on any atom is 0.303 e. The van der Waals surface area contributed by atoms with E-state index in [1.54, 1.807) is 18.2 Å². The van der Waals surface area contributed by atoms with Crippen LogP contribution in [0, 0.1) is 10.1 Å². The van der Waals surface area contributed by atoms with Crippen LogP contribution in [-0.4, -0.2) is 80.7 Å². The predicted molar refractivity (Wildman–Crippen MR) is 165 cm³/mol. The molecule has 0 N–H and O–H groups in total. The molecule has 3 rings (SSSR count). The number of nitrogens with zero attached hydrogens (tertiary/aromatic N) is 1. The monoisotopic (exact) mass is 681 g/mol. The molecule has 2 aliphatic rings. The summed E-state index contributed by atoms with van der Waals surface area (Å²) in [6.45, 7) is 14.5. The minimum atomic E-state index is -2.37. The molecule has 0 amide bonds. The van der Waals surface area contributed by atoms with E-state index < -0.39 is 86.8 Å². The maximum absolute atomic E-state index is 12.3. The molecule has 0 bridgehead atoms. The standard InChI is InChI=1S/C31H43NO14Si/c1-17(33)39-16-25-27(40-18(2)34)28(41-19(3)35)29(42-20(4)36)30(44-25)45-26-15-23(46-47(8,9)31(5,6)7)14-24(43-26)21-10-12-22(13-11-21)32(37)38/h10-13,15,24-30H,14,16H2,1-9H3/t24-,25+,26-,27+,28-,29+,30-/m0/s1. The van der Waals surface area contributed by atoms with E-state index in [-0.39, 0.29) is 17.1 Å². The summed E-state index contributed by atoms with van der Waals surface area (Å²) in [5.41, 5.74) is 0.512. The first-order chi connectivity index (χ1) is 21.8. The quantitative estimate of drug-likeness (QED) is 0.105. The van der Waals surface area contributed by atoms with Gasteiger partial charge in [0, 0.05) is 52.3 Å². The lowest BCUT2D eigenvalue weighted by Crippen LogP contribution is -2.63. The van der Waals surface area contributed by atoms with Crippen LogP contribution < -0.4 is 0 Å². The summed E-state index contributed by atoms with van der Waals surface area (Å²) in [7, 11) is -2.37. The van der Waals surface area contributed by atoms with E-state index in [2.05, 4.69) is 33.9 Å². The molecule has 2 heterocycles. The minimum Gasteiger partial charge on any atom is -0.546 e. The molecule has 0 unspecified atom stereocenters. The average Bonchev–Trinajstić information content (AvgIpc) is 2.93. The van der Waals surface area contributed by atoms with Gasteiger partial charge in [0.15, 0.2) is 24.6 Å². The summed E-state index contributed by atoms with van der Waals surface area (Å²) >= 11 is 0. The van der Waals surface area contributed by atoms with Crippen LogP contribution in [0.25, 0.3) is 0 Å². The molecule has 1 aromatic carbocycles. The number of hydrogen-bond donors (Lipinski definition) is 0. The highest BCUT2D eigenvalue weighted by molar-refractivity contribution is 6.74. The third-order valence-corrected chi connectivity index (χ3v) is 12.3. The summed E-state index contributed by atoms with van der Waals surface area (Å²) < 4.78 is 46.8. The molecule has 1 saturated heterocycles. The molecular weight excluding hydrogens is 638 g/mol. The van der Waals surface area contributed by atoms with Crippen LogP contribution in [0.5, 0.6) is 0 Å². The molecule has 0 saturated carbocycles. The van der Waals surface area contributed by atoms with Crippen LogP contribution in [0.4, 0.5) is 5.69 Å². The highest BCUT2D eigenvalue weighted by Crippen LogP contribution is 2.42. The van der Waals surface area contributed by atoms with Crippen LogP contribution in [0.3, 0.4) is 0 Å². The molecule has 1 fully saturated rings. The Morgan fingerprint density at radius 2 is 1.43 bits per heavy atom. The fourth-order valence-corrected chi connectivity index (χ4v) is 5.83. The Hall–Kier alpha value is -3.86. The summed E-state index contributed by atoms with van der Waals surface area (Å²) in [5.74, 6) is -2.44. The maximum atomic E-state index is 12.3. The minimum absolute atomic E-state index is 0.0943. The number of rotatable bonds is 11. The van der Waals surface area contributed by atoms with Gasteiger partial charge in [-0.15, -0.1) is 0 Å². The van der Waals surface area contributed by atoms with Gasteiger partial charge in [-0.2, -0.15) is 0 Å². The number of carbonyl (C=O) groups is 4. The lowest BCUT2D eigenvalue weighted by molar-refractivity contribution is -0.384. The summed E-state index contributed by atoms with van der Waals surface area (Å²) in [6.07, 6.45) is -6.96. The first kappa shape index (κ1) is 37.6. The van der Waals surface area contributed by atoms with Crippen molar-refractivity contribution in [3.05, 3.63) is 51.8 Å². The molecular formula is C31H43NO14Si. The van der Waals surface area contributed by atoms with Crippen molar-refractivity contribution in [2.75, 3.05) is 6.61 Å². The molecule has 47 heavy (non-hydrogen) atoms. The second kappa shape index (κ2) is 15.4. The van der Waals surface area contributed by atoms with Gasteiger partial charge in [0.2, 0.25) is 14.6 Å². The zero-order valence-electron chi connectivity index (χ0n) is 28.0. The van der Waals surface area contributed by atoms with Crippen molar-refractivity contribution in [2.45, 2.75) is 116 Å². The molecule has 0 aromatic heterocycles. The number of nitro groups is 1. The van der Waals surface area contributed by atoms with E-state index in [9.17, 15) is 29.3 Å². The Morgan fingerprint density at radius 3 is 1.94 bits per heavy atom. The first-order valence-corrected chi connectivity index (χ1v) is 17.9. The van der Waals surface area contributed by atoms with Crippen molar-refractivity contribution in [1.82, 2.24) is 0 Å². The average molecular weight is 682 g/mol. The summed E-state index contributed by atoms with van der Waals surface area (Å²) in [5, 5.41) is 11.1. The van der Waals surface area contributed by atoms with Crippen LogP contribution in [0.1, 0.15) is 66.6 Å². The molecule has 0 aliphatic carbocycles. The third kappa shape index (κ3) is 10.3. The number of nitro benzene ring substituents is 1. The van der Waals surface area contributed by atoms with Crippen LogP contribution in [0.15, 0.2) is 36.1 Å². The van der Waals surface area contributed by atoms with Gasteiger partial charge >= 0.3 is 23.9 Å². The number of hydrogen-bond acceptors (Lipinski definition) is 14. The van der Waals surface area contributed by atoms with Crippen LogP contribution in [-0.2, 0) is 56.8 Å². The largest absolute Gasteiger partial charge is 0.546 e. The lowest BCUT2D eigenvalue weighted by Gasteiger charge is -2.45. The summed E-state index contributed by atoms with van der Waals surface area (Å²) in [6, 6.07) is 5.87. The SMILES string of the molecule is CC(=O)OC[C@H]1O[C@@H](O[C@H]2C=C(O[Si](C)(C)C(C)(C)C)C[C@@H](c3ccc([N+](=O)[O-])cc3)O2)[C@H](OC(C)=O)[C@@H](OC(C)=O)[C@@H]1OC(C)=O. The topological polar surface area (TPSA) is 185 Å². The van der Waals surface area contributed by atoms with Gasteiger partial charge in [0.05, 0.1) is 16.8 Å². The lowest BCUT2D eigenvalue weighted by atomic mass is 9.98. The highest BCUT2D eigenvalue weighted by Gasteiger charge is 2.53. The van der Waals surface area contributed by atoms with Crippen molar-refractivity contribution in [2.24, 2.45) is 0 Å². The molecule has 260 valence electrons. The second-order valence-corrected chi connectivity index (χ2v) is 17.5. The number of ether oxygens (including phenoxy) is 7. The number of benzene rings is 1. The summed E-state index contributed by atoms with van der Waals surface area (Å²) in [4.78, 5) is 59.0. The molecule has 2 aliphatic heterocycles. The Bertz CT molecular complexity index is 1350. The third-order valence-electron chi connectivity index (χ3n) is 7.89. The zero-order valence-corrected chi connectivity index (χ0v) is 29.0. The van der Waals surface area contributed by atoms with Crippen LogP contribution >= 0.6 is 0 Å². The van der Waals surface area contributed by atoms with E-state index in [0.29, 0.717) is 11.3 Å². The van der Waals surface area contributed by atoms with E-state index in [4.69, 9.17) is 37.6 Å². The Labute approximate surface area is 274 Å². The van der Waals surface area contributed by atoms with Gasteiger partial charge < -0.3 is 37.6 Å². The molecule has 0 spiro atoms. The van der Waals surface area contributed by atoms with Gasteiger partial charge in [-0.1, -0.05) is 20.8 Å². The molecule has 16 heteroatoms. The number of non-ortho nitro benzene ring substituents is 1. The van der Waals surface area contributed by atoms with E-state index in [0.717, 1.165) is 20.8 Å². The Morgan fingerprint density at radius 1 is 0.872 bits per heavy atom. The van der Waals surface area contributed by atoms with Crippen LogP contribution in [0.2, 0.25) is 18.1 Å². The van der Waals surface area contributed by atoms with E-state index in [1.165, 1.54) is 19.1 Å². The fraction of sp³-hybridized carbons (Fsp3) is 0.613. The predicted octanol–water partition coefficient (Wildman–Crippen LogP) is 4.39. The van der Waals surface area contributed by atoms with Crippen molar-refractivity contribution in [3.8, 4) is 0 Å². The van der Waals surface area contributed by atoms with Crippen molar-refractivity contribution < 1.29 is 61.7 Å². The number of carbonyl (C=O) groups excluding carboxylic acids is 4. The smallest absolute Gasteiger partial charge is 0.303 e. The van der Waals surface area contributed by atoms with Crippen molar-refractivity contribution >= 4 is 37.9 Å². The Kier molecular flexibility index (Phi) is 12.3. The van der Waals surface area contributed by atoms with Gasteiger partial charge in [-0.05, 0) is 35.8 Å². The molecule has 0 radical (unpaired) electrons. The zero-order chi connectivity index (χ0) is 35.3. The molecule has 1 aromatic rings. The van der Waals surface area contributed by atoms with Gasteiger partial charge in [0.1, 0.15) is 12.7 Å². The molecule has 15 nitrogen and oxygen atoms in total. The van der Waals surface area contributed by atoms with Gasteiger partial charge in [0.25, 0.3) is 5.69 Å². The van der Waals surface area contributed by atoms with Crippen molar-refractivity contribution in [1.29, 1.82) is 0 Å². The molecule has 7 atom stereocenters.